The van der Waals surface area contributed by atoms with Gasteiger partial charge in [0.25, 0.3) is 5.91 Å². The molecule has 2 aromatic carbocycles. The lowest BCUT2D eigenvalue weighted by Crippen LogP contribution is -3.16. The summed E-state index contributed by atoms with van der Waals surface area (Å²) in [4.78, 5) is 28.3. The fourth-order valence-electron chi connectivity index (χ4n) is 4.30. The molecule has 2 aliphatic rings. The molecule has 1 saturated heterocycles. The van der Waals surface area contributed by atoms with Crippen molar-refractivity contribution in [3.05, 3.63) is 53.1 Å². The van der Waals surface area contributed by atoms with E-state index in [0.717, 1.165) is 34.7 Å². The highest BCUT2D eigenvalue weighted by molar-refractivity contribution is 6.22. The molecule has 1 unspecified atom stereocenters. The number of nitrogens with one attached hydrogen (secondary N) is 1. The molecule has 28 heavy (non-hydrogen) atoms. The topological polar surface area (TPSA) is 60.3 Å². The molecule has 4 rings (SSSR count). The van der Waals surface area contributed by atoms with Gasteiger partial charge in [-0.05, 0) is 36.2 Å². The molecule has 0 bridgehead atoms. The number of quaternary nitrogens is 1. The highest BCUT2D eigenvalue weighted by atomic mass is 16.5. The summed E-state index contributed by atoms with van der Waals surface area (Å²) >= 11 is 0. The number of rotatable bonds is 4. The molecule has 1 N–H and O–H groups in total. The summed E-state index contributed by atoms with van der Waals surface area (Å²) in [6.45, 7) is 3.43. The van der Waals surface area contributed by atoms with Crippen molar-refractivity contribution in [3.63, 3.8) is 0 Å². The molecule has 2 amide bonds. The predicted molar refractivity (Wildman–Crippen MR) is 105 cm³/mol. The van der Waals surface area contributed by atoms with E-state index in [9.17, 15) is 9.59 Å². The van der Waals surface area contributed by atoms with Crippen molar-refractivity contribution in [3.8, 4) is 11.5 Å². The summed E-state index contributed by atoms with van der Waals surface area (Å²) in [5.41, 5.74) is 3.99. The molecule has 1 fully saturated rings. The van der Waals surface area contributed by atoms with Crippen molar-refractivity contribution in [1.82, 2.24) is 0 Å². The molecular formula is C22H25N2O4+. The van der Waals surface area contributed by atoms with Crippen LogP contribution < -0.4 is 19.3 Å². The van der Waals surface area contributed by atoms with Gasteiger partial charge >= 0.3 is 0 Å². The monoisotopic (exact) mass is 381 g/mol. The maximum absolute atomic E-state index is 13.1. The Morgan fingerprint density at radius 1 is 1.04 bits per heavy atom. The summed E-state index contributed by atoms with van der Waals surface area (Å²) in [6, 6.07) is 11.2. The van der Waals surface area contributed by atoms with Gasteiger partial charge in [0, 0.05) is 12.0 Å². The van der Waals surface area contributed by atoms with Gasteiger partial charge in [0.2, 0.25) is 5.91 Å². The van der Waals surface area contributed by atoms with Gasteiger partial charge in [-0.3, -0.25) is 9.59 Å². The van der Waals surface area contributed by atoms with Crippen molar-refractivity contribution in [1.29, 1.82) is 0 Å². The number of hydrogen-bond acceptors (Lipinski definition) is 4. The molecule has 0 spiro atoms. The highest BCUT2D eigenvalue weighted by Gasteiger charge is 2.46. The van der Waals surface area contributed by atoms with E-state index in [1.165, 1.54) is 10.5 Å². The third-order valence-electron chi connectivity index (χ3n) is 5.83. The number of imide groups is 1. The molecule has 6 heteroatoms. The maximum atomic E-state index is 13.1. The number of carbonyl (C=O) groups is 2. The number of nitrogens with zero attached hydrogens (tertiary/aromatic N) is 1. The van der Waals surface area contributed by atoms with Crippen LogP contribution in [0.2, 0.25) is 0 Å². The highest BCUT2D eigenvalue weighted by Crippen LogP contribution is 2.32. The van der Waals surface area contributed by atoms with Gasteiger partial charge in [-0.2, -0.15) is 0 Å². The van der Waals surface area contributed by atoms with Gasteiger partial charge in [0.1, 0.15) is 6.54 Å². The number of methoxy groups -OCH3 is 2. The Hall–Kier alpha value is -2.86. The van der Waals surface area contributed by atoms with Gasteiger partial charge in [0.05, 0.1) is 32.9 Å². The number of ether oxygens (including phenoxy) is 2. The van der Waals surface area contributed by atoms with Gasteiger partial charge < -0.3 is 14.4 Å². The minimum Gasteiger partial charge on any atom is -0.493 e. The fraction of sp³-hybridized carbons (Fsp3) is 0.364. The van der Waals surface area contributed by atoms with Crippen LogP contribution in [0.25, 0.3) is 0 Å². The molecule has 2 aliphatic heterocycles. The first kappa shape index (κ1) is 18.5. The Balaban J connectivity index is 1.59. The van der Waals surface area contributed by atoms with Gasteiger partial charge in [-0.1, -0.05) is 18.2 Å². The van der Waals surface area contributed by atoms with E-state index in [-0.39, 0.29) is 24.3 Å². The minimum atomic E-state index is -0.339. The number of para-hydroxylation sites is 1. The summed E-state index contributed by atoms with van der Waals surface area (Å²) in [6.07, 6.45) is 1.10. The fourth-order valence-corrected chi connectivity index (χ4v) is 4.30. The van der Waals surface area contributed by atoms with E-state index >= 15 is 0 Å². The van der Waals surface area contributed by atoms with Crippen molar-refractivity contribution in [2.45, 2.75) is 32.4 Å². The zero-order valence-electron chi connectivity index (χ0n) is 16.5. The van der Waals surface area contributed by atoms with Crippen LogP contribution in [0.15, 0.2) is 36.4 Å². The second-order valence-electron chi connectivity index (χ2n) is 7.42. The van der Waals surface area contributed by atoms with Crippen LogP contribution >= 0.6 is 0 Å². The number of aryl methyl sites for hydroxylation is 1. The Morgan fingerprint density at radius 2 is 1.71 bits per heavy atom. The van der Waals surface area contributed by atoms with Crippen LogP contribution in [0.5, 0.6) is 11.5 Å². The van der Waals surface area contributed by atoms with E-state index in [1.807, 2.05) is 43.3 Å². The quantitative estimate of drug-likeness (QED) is 0.811. The summed E-state index contributed by atoms with van der Waals surface area (Å²) in [5, 5.41) is 0. The second-order valence-corrected chi connectivity index (χ2v) is 7.42. The van der Waals surface area contributed by atoms with Crippen LogP contribution in [0, 0.1) is 6.92 Å². The zero-order chi connectivity index (χ0) is 19.8. The molecule has 2 atom stereocenters. The number of carbonyl (C=O) groups excluding carboxylic acids is 2. The Kier molecular flexibility index (Phi) is 4.81. The number of benzene rings is 2. The third-order valence-corrected chi connectivity index (χ3v) is 5.83. The Morgan fingerprint density at radius 3 is 2.39 bits per heavy atom. The molecule has 0 aromatic heterocycles. The molecule has 2 heterocycles. The van der Waals surface area contributed by atoms with E-state index in [4.69, 9.17) is 9.47 Å². The van der Waals surface area contributed by atoms with Crippen LogP contribution in [0.1, 0.15) is 23.1 Å². The van der Waals surface area contributed by atoms with Crippen molar-refractivity contribution >= 4 is 17.5 Å². The first-order valence-corrected chi connectivity index (χ1v) is 9.54. The summed E-state index contributed by atoms with van der Waals surface area (Å²) in [7, 11) is 3.25. The lowest BCUT2D eigenvalue weighted by molar-refractivity contribution is -0.930. The van der Waals surface area contributed by atoms with E-state index in [0.29, 0.717) is 18.0 Å². The predicted octanol–water partition coefficient (Wildman–Crippen LogP) is 1.29. The van der Waals surface area contributed by atoms with Crippen molar-refractivity contribution < 1.29 is 24.0 Å². The Bertz CT molecular complexity index is 940. The number of hydrogen-bond donors (Lipinski definition) is 1. The standard InChI is InChI=1S/C22H24N2O4/c1-14-6-4-5-7-17(14)24-21(25)12-18(22(24)26)23-9-8-15-10-19(27-2)20(28-3)11-16(15)13-23/h4-7,10-11,18H,8-9,12-13H2,1-3H3/p+1/t18-/m1/s1. The summed E-state index contributed by atoms with van der Waals surface area (Å²) < 4.78 is 10.8. The molecule has 2 aromatic rings. The average Bonchev–Trinajstić information content (AvgIpc) is 3.01. The normalized spacial score (nSPS) is 21.6. The van der Waals surface area contributed by atoms with Crippen LogP contribution in [0.4, 0.5) is 5.69 Å². The third kappa shape index (κ3) is 3.03. The maximum Gasteiger partial charge on any atom is 0.292 e. The average molecular weight is 381 g/mol. The van der Waals surface area contributed by atoms with Gasteiger partial charge in [-0.25, -0.2) is 4.90 Å². The van der Waals surface area contributed by atoms with Crippen LogP contribution in [-0.2, 0) is 22.6 Å². The molecule has 6 nitrogen and oxygen atoms in total. The number of amides is 2. The lowest BCUT2D eigenvalue weighted by Gasteiger charge is -2.30. The van der Waals surface area contributed by atoms with Crippen molar-refractivity contribution in [2.75, 3.05) is 25.7 Å². The smallest absolute Gasteiger partial charge is 0.292 e. The SMILES string of the molecule is COc1cc2c(cc1OC)C[NH+]([C@@H]1CC(=O)N(c3ccccc3C)C1=O)CC2. The van der Waals surface area contributed by atoms with Crippen LogP contribution in [-0.4, -0.2) is 38.6 Å². The molecule has 146 valence electrons. The Labute approximate surface area is 164 Å². The minimum absolute atomic E-state index is 0.0989. The molecule has 0 saturated carbocycles. The van der Waals surface area contributed by atoms with E-state index in [2.05, 4.69) is 0 Å². The molecule has 0 radical (unpaired) electrons. The number of fused-ring (bicyclic) bond motifs is 1. The van der Waals surface area contributed by atoms with Crippen LogP contribution in [0.3, 0.4) is 0 Å². The summed E-state index contributed by atoms with van der Waals surface area (Å²) in [5.74, 6) is 1.20. The lowest BCUT2D eigenvalue weighted by atomic mass is 9.97. The van der Waals surface area contributed by atoms with E-state index < -0.39 is 0 Å². The zero-order valence-corrected chi connectivity index (χ0v) is 16.5. The largest absolute Gasteiger partial charge is 0.493 e. The second kappa shape index (κ2) is 7.28. The van der Waals surface area contributed by atoms with Crippen molar-refractivity contribution in [2.24, 2.45) is 0 Å². The van der Waals surface area contributed by atoms with Gasteiger partial charge in [-0.15, -0.1) is 0 Å². The first-order valence-electron chi connectivity index (χ1n) is 9.54. The van der Waals surface area contributed by atoms with Gasteiger partial charge in [0.15, 0.2) is 17.5 Å². The number of anilines is 1. The van der Waals surface area contributed by atoms with E-state index in [1.54, 1.807) is 14.2 Å². The molecule has 0 aliphatic carbocycles. The molecular weight excluding hydrogens is 356 g/mol. The first-order chi connectivity index (χ1) is 13.5.